The van der Waals surface area contributed by atoms with Crippen LogP contribution in [0.15, 0.2) is 18.2 Å². The van der Waals surface area contributed by atoms with Gasteiger partial charge in [0.15, 0.2) is 0 Å². The largest absolute Gasteiger partial charge is 0.310 e. The molecule has 0 radical (unpaired) electrons. The molecule has 15 heavy (non-hydrogen) atoms. The molecule has 1 unspecified atom stereocenters. The molecule has 0 spiro atoms. The summed E-state index contributed by atoms with van der Waals surface area (Å²) < 4.78 is 0. The molecule has 0 aliphatic heterocycles. The van der Waals surface area contributed by atoms with E-state index in [0.29, 0.717) is 6.04 Å². The van der Waals surface area contributed by atoms with E-state index in [1.807, 2.05) is 0 Å². The van der Waals surface area contributed by atoms with E-state index >= 15 is 0 Å². The van der Waals surface area contributed by atoms with Gasteiger partial charge in [0.1, 0.15) is 0 Å². The summed E-state index contributed by atoms with van der Waals surface area (Å²) in [6.07, 6.45) is 2.52. The van der Waals surface area contributed by atoms with Gasteiger partial charge in [0, 0.05) is 6.04 Å². The Morgan fingerprint density at radius 2 is 1.93 bits per heavy atom. The molecule has 1 heteroatoms. The van der Waals surface area contributed by atoms with Crippen LogP contribution >= 0.6 is 0 Å². The van der Waals surface area contributed by atoms with Crippen molar-refractivity contribution in [1.29, 1.82) is 0 Å². The molecule has 0 aliphatic carbocycles. The van der Waals surface area contributed by atoms with Crippen LogP contribution in [0.2, 0.25) is 0 Å². The van der Waals surface area contributed by atoms with Gasteiger partial charge in [-0.15, -0.1) is 0 Å². The van der Waals surface area contributed by atoms with Crippen molar-refractivity contribution < 1.29 is 0 Å². The molecule has 1 rings (SSSR count). The maximum Gasteiger partial charge on any atom is 0.0291 e. The number of hydrogen-bond acceptors (Lipinski definition) is 1. The van der Waals surface area contributed by atoms with E-state index in [1.54, 1.807) is 0 Å². The quantitative estimate of drug-likeness (QED) is 0.722. The van der Waals surface area contributed by atoms with Crippen LogP contribution in [0.1, 0.15) is 49.4 Å². The highest BCUT2D eigenvalue weighted by Crippen LogP contribution is 2.16. The van der Waals surface area contributed by atoms with Crippen molar-refractivity contribution in [2.75, 3.05) is 6.54 Å². The maximum absolute atomic E-state index is 3.55. The minimum Gasteiger partial charge on any atom is -0.310 e. The zero-order valence-corrected chi connectivity index (χ0v) is 10.4. The van der Waals surface area contributed by atoms with Crippen LogP contribution in [-0.4, -0.2) is 6.54 Å². The summed E-state index contributed by atoms with van der Waals surface area (Å²) in [6.45, 7) is 9.92. The molecule has 1 aromatic carbocycles. The van der Waals surface area contributed by atoms with Crippen LogP contribution in [-0.2, 0) is 0 Å². The van der Waals surface area contributed by atoms with Gasteiger partial charge in [-0.1, -0.05) is 31.5 Å². The van der Waals surface area contributed by atoms with E-state index in [-0.39, 0.29) is 0 Å². The molecule has 1 aromatic rings. The highest BCUT2D eigenvalue weighted by molar-refractivity contribution is 5.31. The normalized spacial score (nSPS) is 12.8. The summed E-state index contributed by atoms with van der Waals surface area (Å²) in [4.78, 5) is 0. The molecule has 84 valence electrons. The average Bonchev–Trinajstić information content (AvgIpc) is 2.22. The van der Waals surface area contributed by atoms with Crippen molar-refractivity contribution in [3.05, 3.63) is 34.9 Å². The fraction of sp³-hybridized carbons (Fsp3) is 0.571. The Morgan fingerprint density at radius 3 is 2.53 bits per heavy atom. The van der Waals surface area contributed by atoms with Crippen LogP contribution in [0.5, 0.6) is 0 Å². The maximum atomic E-state index is 3.55. The van der Waals surface area contributed by atoms with Gasteiger partial charge >= 0.3 is 0 Å². The summed E-state index contributed by atoms with van der Waals surface area (Å²) in [5.41, 5.74) is 4.16. The Morgan fingerprint density at radius 1 is 1.20 bits per heavy atom. The van der Waals surface area contributed by atoms with Gasteiger partial charge in [-0.05, 0) is 50.4 Å². The number of benzene rings is 1. The molecular formula is C14H23N. The smallest absolute Gasteiger partial charge is 0.0291 e. The summed E-state index contributed by atoms with van der Waals surface area (Å²) in [5.74, 6) is 0. The molecule has 0 heterocycles. The molecule has 0 saturated heterocycles. The molecule has 0 aliphatic rings. The van der Waals surface area contributed by atoms with Gasteiger partial charge in [0.25, 0.3) is 0 Å². The summed E-state index contributed by atoms with van der Waals surface area (Å²) >= 11 is 0. The van der Waals surface area contributed by atoms with Crippen LogP contribution in [0, 0.1) is 13.8 Å². The second kappa shape index (κ2) is 5.92. The Bertz CT molecular complexity index is 304. The SMILES string of the molecule is CCCCNC(C)c1ccc(C)c(C)c1. The summed E-state index contributed by atoms with van der Waals surface area (Å²) in [7, 11) is 0. The first-order valence-corrected chi connectivity index (χ1v) is 5.95. The third-order valence-electron chi connectivity index (χ3n) is 3.01. The lowest BCUT2D eigenvalue weighted by atomic mass is 10.0. The molecular weight excluding hydrogens is 182 g/mol. The van der Waals surface area contributed by atoms with E-state index in [9.17, 15) is 0 Å². The van der Waals surface area contributed by atoms with E-state index < -0.39 is 0 Å². The number of hydrogen-bond donors (Lipinski definition) is 1. The first-order chi connectivity index (χ1) is 7.15. The van der Waals surface area contributed by atoms with Gasteiger partial charge in [0.2, 0.25) is 0 Å². The lowest BCUT2D eigenvalue weighted by molar-refractivity contribution is 0.554. The third kappa shape index (κ3) is 3.67. The monoisotopic (exact) mass is 205 g/mol. The van der Waals surface area contributed by atoms with Crippen molar-refractivity contribution in [2.45, 2.75) is 46.6 Å². The van der Waals surface area contributed by atoms with Gasteiger partial charge in [-0.2, -0.15) is 0 Å². The van der Waals surface area contributed by atoms with Crippen LogP contribution in [0.25, 0.3) is 0 Å². The molecule has 1 atom stereocenters. The van der Waals surface area contributed by atoms with Crippen molar-refractivity contribution in [3.8, 4) is 0 Å². The number of nitrogens with one attached hydrogen (secondary N) is 1. The summed E-state index contributed by atoms with van der Waals surface area (Å²) in [5, 5.41) is 3.55. The van der Waals surface area contributed by atoms with Gasteiger partial charge in [-0.3, -0.25) is 0 Å². The molecule has 0 fully saturated rings. The Kier molecular flexibility index (Phi) is 4.83. The molecule has 0 amide bonds. The second-order valence-electron chi connectivity index (χ2n) is 4.37. The first kappa shape index (κ1) is 12.3. The summed E-state index contributed by atoms with van der Waals surface area (Å²) in [6, 6.07) is 7.20. The zero-order chi connectivity index (χ0) is 11.3. The number of rotatable bonds is 5. The van der Waals surface area contributed by atoms with E-state index in [4.69, 9.17) is 0 Å². The molecule has 1 nitrogen and oxygen atoms in total. The molecule has 0 aromatic heterocycles. The van der Waals surface area contributed by atoms with Crippen molar-refractivity contribution in [3.63, 3.8) is 0 Å². The predicted octanol–water partition coefficient (Wildman–Crippen LogP) is 3.75. The second-order valence-corrected chi connectivity index (χ2v) is 4.37. The molecule has 0 saturated carbocycles. The Balaban J connectivity index is 2.57. The Labute approximate surface area is 93.9 Å². The number of aryl methyl sites for hydroxylation is 2. The van der Waals surface area contributed by atoms with Crippen LogP contribution < -0.4 is 5.32 Å². The van der Waals surface area contributed by atoms with Crippen LogP contribution in [0.4, 0.5) is 0 Å². The van der Waals surface area contributed by atoms with Gasteiger partial charge in [0.05, 0.1) is 0 Å². The van der Waals surface area contributed by atoms with Crippen molar-refractivity contribution >= 4 is 0 Å². The molecule has 1 N–H and O–H groups in total. The Hall–Kier alpha value is -0.820. The van der Waals surface area contributed by atoms with Crippen molar-refractivity contribution in [2.24, 2.45) is 0 Å². The fourth-order valence-corrected chi connectivity index (χ4v) is 1.65. The minimum atomic E-state index is 0.468. The highest BCUT2D eigenvalue weighted by Gasteiger charge is 2.04. The van der Waals surface area contributed by atoms with E-state index in [2.05, 4.69) is 51.2 Å². The lowest BCUT2D eigenvalue weighted by Gasteiger charge is -2.15. The van der Waals surface area contributed by atoms with Crippen molar-refractivity contribution in [1.82, 2.24) is 5.32 Å². The highest BCUT2D eigenvalue weighted by atomic mass is 14.9. The lowest BCUT2D eigenvalue weighted by Crippen LogP contribution is -2.19. The van der Waals surface area contributed by atoms with Gasteiger partial charge in [-0.25, -0.2) is 0 Å². The zero-order valence-electron chi connectivity index (χ0n) is 10.4. The van der Waals surface area contributed by atoms with E-state index in [1.165, 1.54) is 29.5 Å². The standard InChI is InChI=1S/C14H23N/c1-5-6-9-15-13(4)14-8-7-11(2)12(3)10-14/h7-8,10,13,15H,5-6,9H2,1-4H3. The minimum absolute atomic E-state index is 0.468. The third-order valence-corrected chi connectivity index (χ3v) is 3.01. The topological polar surface area (TPSA) is 12.0 Å². The van der Waals surface area contributed by atoms with E-state index in [0.717, 1.165) is 6.54 Å². The first-order valence-electron chi connectivity index (χ1n) is 5.95. The number of unbranched alkanes of at least 4 members (excludes halogenated alkanes) is 1. The predicted molar refractivity (Wildman–Crippen MR) is 67.2 cm³/mol. The fourth-order valence-electron chi connectivity index (χ4n) is 1.65. The molecule has 0 bridgehead atoms. The van der Waals surface area contributed by atoms with Gasteiger partial charge < -0.3 is 5.32 Å². The van der Waals surface area contributed by atoms with Crippen LogP contribution in [0.3, 0.4) is 0 Å². The average molecular weight is 205 g/mol.